The molecule has 0 bridgehead atoms. The van der Waals surface area contributed by atoms with Crippen LogP contribution in [-0.4, -0.2) is 12.6 Å². The topological polar surface area (TPSA) is 12.0 Å². The van der Waals surface area contributed by atoms with Crippen LogP contribution in [0.25, 0.3) is 0 Å². The van der Waals surface area contributed by atoms with E-state index in [1.54, 1.807) is 0 Å². The maximum atomic E-state index is 6.70. The monoisotopic (exact) mass is 138 g/mol. The van der Waals surface area contributed by atoms with Crippen LogP contribution in [0.3, 0.4) is 0 Å². The zero-order chi connectivity index (χ0) is 8.04. The van der Waals surface area contributed by atoms with Gasteiger partial charge in [-0.2, -0.15) is 0 Å². The van der Waals surface area contributed by atoms with Gasteiger partial charge in [0.2, 0.25) is 0 Å². The molecule has 0 unspecified atom stereocenters. The van der Waals surface area contributed by atoms with Crippen molar-refractivity contribution in [3.05, 3.63) is 6.42 Å². The Balaban J connectivity index is 3.39. The highest BCUT2D eigenvalue weighted by Crippen LogP contribution is 2.10. The van der Waals surface area contributed by atoms with Gasteiger partial charge >= 0.3 is 0 Å². The second-order valence-corrected chi connectivity index (χ2v) is 3.16. The van der Waals surface area contributed by atoms with Crippen LogP contribution in [0.5, 0.6) is 0 Å². The van der Waals surface area contributed by atoms with Gasteiger partial charge in [0.15, 0.2) is 0 Å². The molecule has 0 spiro atoms. The minimum absolute atomic E-state index is 0.219. The average Bonchev–Trinajstić information content (AvgIpc) is 1.89. The fraction of sp³-hybridized carbons (Fsp3) is 0.778. The molecule has 1 heteroatoms. The van der Waals surface area contributed by atoms with Crippen molar-refractivity contribution in [1.82, 2.24) is 5.32 Å². The molecule has 0 aromatic rings. The van der Waals surface area contributed by atoms with Gasteiger partial charge in [0, 0.05) is 12.0 Å². The molecule has 0 amide bonds. The average molecular weight is 138 g/mol. The van der Waals surface area contributed by atoms with Gasteiger partial charge in [-0.05, 0) is 40.2 Å². The van der Waals surface area contributed by atoms with Gasteiger partial charge in [0.05, 0.1) is 0 Å². The zero-order valence-electron chi connectivity index (χ0n) is 7.12. The Bertz CT molecular complexity index is 119. The van der Waals surface area contributed by atoms with Crippen molar-refractivity contribution in [3.8, 4) is 5.92 Å². The Hall–Kier alpha value is -0.480. The van der Waals surface area contributed by atoms with Gasteiger partial charge in [-0.15, -0.1) is 0 Å². The van der Waals surface area contributed by atoms with Gasteiger partial charge in [-0.25, -0.2) is 0 Å². The normalized spacial score (nSPS) is 11.0. The van der Waals surface area contributed by atoms with Crippen molar-refractivity contribution < 1.29 is 0 Å². The van der Waals surface area contributed by atoms with E-state index in [0.717, 1.165) is 19.3 Å². The first-order chi connectivity index (χ1) is 4.62. The predicted octanol–water partition coefficient (Wildman–Crippen LogP) is 1.74. The maximum absolute atomic E-state index is 6.70. The number of hydrogen-bond donors (Lipinski definition) is 1. The van der Waals surface area contributed by atoms with Gasteiger partial charge in [0.25, 0.3) is 0 Å². The van der Waals surface area contributed by atoms with Gasteiger partial charge in [0.1, 0.15) is 0 Å². The van der Waals surface area contributed by atoms with Gasteiger partial charge in [-0.1, -0.05) is 5.92 Å². The summed E-state index contributed by atoms with van der Waals surface area (Å²) in [6.45, 7) is 4.33. The van der Waals surface area contributed by atoms with Crippen LogP contribution >= 0.6 is 0 Å². The summed E-state index contributed by atoms with van der Waals surface area (Å²) in [5, 5.41) is 3.21. The van der Waals surface area contributed by atoms with Crippen LogP contribution in [-0.2, 0) is 0 Å². The SMILES string of the molecule is [C]#CCCCC(C)(C)NC. The minimum Gasteiger partial charge on any atom is -0.315 e. The van der Waals surface area contributed by atoms with Crippen molar-refractivity contribution in [2.24, 2.45) is 0 Å². The lowest BCUT2D eigenvalue weighted by molar-refractivity contribution is 0.384. The molecule has 0 heterocycles. The molecule has 0 aliphatic heterocycles. The van der Waals surface area contributed by atoms with E-state index in [1.165, 1.54) is 0 Å². The molecule has 0 aromatic carbocycles. The first kappa shape index (κ1) is 9.52. The van der Waals surface area contributed by atoms with Gasteiger partial charge in [-0.3, -0.25) is 0 Å². The molecule has 0 saturated heterocycles. The smallest absolute Gasteiger partial charge is 0.0122 e. The van der Waals surface area contributed by atoms with Crippen molar-refractivity contribution in [3.63, 3.8) is 0 Å². The zero-order valence-corrected chi connectivity index (χ0v) is 7.12. The Labute approximate surface area is 64.2 Å². The Kier molecular flexibility index (Phi) is 4.14. The highest BCUT2D eigenvalue weighted by molar-refractivity contribution is 4.80. The summed E-state index contributed by atoms with van der Waals surface area (Å²) in [5.41, 5.74) is 0.219. The lowest BCUT2D eigenvalue weighted by Gasteiger charge is -2.23. The summed E-state index contributed by atoms with van der Waals surface area (Å²) < 4.78 is 0. The van der Waals surface area contributed by atoms with E-state index in [-0.39, 0.29) is 5.54 Å². The summed E-state index contributed by atoms with van der Waals surface area (Å²) in [6, 6.07) is 0. The third kappa shape index (κ3) is 4.40. The highest BCUT2D eigenvalue weighted by Gasteiger charge is 2.12. The number of unbranched alkanes of at least 4 members (excludes halogenated alkanes) is 1. The van der Waals surface area contributed by atoms with E-state index in [9.17, 15) is 0 Å². The third-order valence-electron chi connectivity index (χ3n) is 1.78. The molecule has 1 radical (unpaired) electrons. The molecule has 0 rings (SSSR count). The largest absolute Gasteiger partial charge is 0.315 e. The van der Waals surface area contributed by atoms with E-state index in [1.807, 2.05) is 7.05 Å². The Morgan fingerprint density at radius 3 is 2.50 bits per heavy atom. The summed E-state index contributed by atoms with van der Waals surface area (Å²) in [7, 11) is 1.97. The molecule has 0 atom stereocenters. The van der Waals surface area contributed by atoms with Crippen LogP contribution in [0.1, 0.15) is 33.1 Å². The standard InChI is InChI=1S/C9H16N/c1-5-6-7-8-9(2,3)10-4/h10H,6-8H2,2-4H3. The lowest BCUT2D eigenvalue weighted by Crippen LogP contribution is -2.35. The van der Waals surface area contributed by atoms with Crippen molar-refractivity contribution >= 4 is 0 Å². The van der Waals surface area contributed by atoms with E-state index < -0.39 is 0 Å². The van der Waals surface area contributed by atoms with Gasteiger partial charge < -0.3 is 5.32 Å². The first-order valence-electron chi connectivity index (χ1n) is 3.71. The molecule has 1 N–H and O–H groups in total. The van der Waals surface area contributed by atoms with Crippen LogP contribution in [0.2, 0.25) is 0 Å². The minimum atomic E-state index is 0.219. The molecule has 0 saturated carbocycles. The molecule has 0 fully saturated rings. The summed E-state index contributed by atoms with van der Waals surface area (Å²) in [6.07, 6.45) is 9.64. The Morgan fingerprint density at radius 2 is 2.10 bits per heavy atom. The summed E-state index contributed by atoms with van der Waals surface area (Å²) in [4.78, 5) is 0. The maximum Gasteiger partial charge on any atom is 0.0122 e. The molecule has 0 aliphatic rings. The lowest BCUT2D eigenvalue weighted by atomic mass is 9.98. The number of hydrogen-bond acceptors (Lipinski definition) is 1. The van der Waals surface area contributed by atoms with Crippen LogP contribution < -0.4 is 5.32 Å². The molecule has 0 aromatic heterocycles. The second-order valence-electron chi connectivity index (χ2n) is 3.16. The number of rotatable bonds is 4. The molecule has 57 valence electrons. The molecular formula is C9H16N. The molecule has 10 heavy (non-hydrogen) atoms. The highest BCUT2D eigenvalue weighted by atomic mass is 14.9. The Morgan fingerprint density at radius 1 is 1.50 bits per heavy atom. The van der Waals surface area contributed by atoms with Crippen LogP contribution in [0, 0.1) is 12.3 Å². The summed E-state index contributed by atoms with van der Waals surface area (Å²) >= 11 is 0. The van der Waals surface area contributed by atoms with Crippen LogP contribution in [0.15, 0.2) is 0 Å². The predicted molar refractivity (Wildman–Crippen MR) is 44.1 cm³/mol. The van der Waals surface area contributed by atoms with E-state index >= 15 is 0 Å². The van der Waals surface area contributed by atoms with E-state index in [4.69, 9.17) is 6.42 Å². The second kappa shape index (κ2) is 4.35. The first-order valence-corrected chi connectivity index (χ1v) is 3.71. The van der Waals surface area contributed by atoms with Crippen molar-refractivity contribution in [2.45, 2.75) is 38.6 Å². The van der Waals surface area contributed by atoms with Crippen molar-refractivity contribution in [1.29, 1.82) is 0 Å². The van der Waals surface area contributed by atoms with Crippen molar-refractivity contribution in [2.75, 3.05) is 7.05 Å². The molecular weight excluding hydrogens is 122 g/mol. The van der Waals surface area contributed by atoms with E-state index in [2.05, 4.69) is 25.1 Å². The fourth-order valence-electron chi connectivity index (χ4n) is 0.744. The van der Waals surface area contributed by atoms with Crippen LogP contribution in [0.4, 0.5) is 0 Å². The molecule has 1 nitrogen and oxygen atoms in total. The molecule has 0 aliphatic carbocycles. The quantitative estimate of drug-likeness (QED) is 0.461. The van der Waals surface area contributed by atoms with E-state index in [0.29, 0.717) is 0 Å². The fourth-order valence-corrected chi connectivity index (χ4v) is 0.744. The number of nitrogens with one attached hydrogen (secondary N) is 1. The third-order valence-corrected chi connectivity index (χ3v) is 1.78. The summed E-state index contributed by atoms with van der Waals surface area (Å²) in [5.74, 6) is 2.39.